The van der Waals surface area contributed by atoms with Crippen LogP contribution in [0.15, 0.2) is 18.3 Å². The molecule has 11 nitrogen and oxygen atoms in total. The van der Waals surface area contributed by atoms with Crippen molar-refractivity contribution in [2.75, 3.05) is 18.4 Å². The molecular weight excluding hydrogens is 669 g/mol. The van der Waals surface area contributed by atoms with Crippen LogP contribution in [-0.2, 0) is 19.2 Å². The number of nitriles is 1. The number of rotatable bonds is 4. The van der Waals surface area contributed by atoms with E-state index in [-0.39, 0.29) is 36.9 Å². The molecule has 9 unspecified atom stereocenters. The second-order valence-electron chi connectivity index (χ2n) is 14.6. The second-order valence-corrected chi connectivity index (χ2v) is 14.6. The topological polar surface area (TPSA) is 145 Å². The monoisotopic (exact) mass is 702 g/mol. The molecule has 0 aromatic carbocycles. The number of carbonyl (C=O) groups is 4. The van der Waals surface area contributed by atoms with E-state index in [0.717, 1.165) is 9.80 Å². The lowest BCUT2D eigenvalue weighted by Crippen LogP contribution is -2.62. The highest BCUT2D eigenvalue weighted by molar-refractivity contribution is 6.01. The third-order valence-electron chi connectivity index (χ3n) is 10.6. The Morgan fingerprint density at radius 1 is 1.10 bits per heavy atom. The number of alkyl halides is 7. The summed E-state index contributed by atoms with van der Waals surface area (Å²) in [4.78, 5) is 60.9. The van der Waals surface area contributed by atoms with Crippen LogP contribution in [0.1, 0.15) is 40.0 Å². The van der Waals surface area contributed by atoms with Crippen molar-refractivity contribution in [3.63, 3.8) is 0 Å². The third-order valence-corrected chi connectivity index (χ3v) is 10.6. The SMILES string of the molecule is CC(C)(C)C(NC(=O)C(C(F)(F)F)C(F)(F)F)C(=O)N1CC2C3CC(F)C(C3)C2C1C(=O)N1CC2(CC1C#N)Oc1cccnc1NC2=O. The maximum absolute atomic E-state index is 15.2. The average Bonchev–Trinajstić information content (AvgIpc) is 3.73. The van der Waals surface area contributed by atoms with Crippen LogP contribution >= 0.6 is 0 Å². The Morgan fingerprint density at radius 3 is 2.39 bits per heavy atom. The number of fused-ring (bicyclic) bond motifs is 6. The first-order chi connectivity index (χ1) is 22.7. The number of pyridine rings is 1. The zero-order valence-corrected chi connectivity index (χ0v) is 26.4. The number of ether oxygens (including phenoxy) is 1. The van der Waals surface area contributed by atoms with Crippen LogP contribution in [0.5, 0.6) is 5.75 Å². The fraction of sp³-hybridized carbons (Fsp3) is 0.677. The minimum Gasteiger partial charge on any atom is -0.472 e. The van der Waals surface area contributed by atoms with Gasteiger partial charge in [0.05, 0.1) is 12.6 Å². The van der Waals surface area contributed by atoms with Gasteiger partial charge in [0.25, 0.3) is 5.91 Å². The highest BCUT2D eigenvalue weighted by Gasteiger charge is 2.66. The molecule has 2 saturated carbocycles. The van der Waals surface area contributed by atoms with E-state index >= 15 is 4.39 Å². The van der Waals surface area contributed by atoms with Crippen LogP contribution in [0.4, 0.5) is 36.6 Å². The van der Waals surface area contributed by atoms with Crippen molar-refractivity contribution in [1.29, 1.82) is 5.26 Å². The molecule has 2 bridgehead atoms. The van der Waals surface area contributed by atoms with Gasteiger partial charge in [-0.05, 0) is 54.1 Å². The van der Waals surface area contributed by atoms with Gasteiger partial charge in [0.15, 0.2) is 11.6 Å². The van der Waals surface area contributed by atoms with Crippen LogP contribution < -0.4 is 15.4 Å². The van der Waals surface area contributed by atoms with Crippen molar-refractivity contribution >= 4 is 29.4 Å². The molecule has 5 aliphatic rings. The number of aromatic nitrogens is 1. The van der Waals surface area contributed by atoms with Gasteiger partial charge in [-0.3, -0.25) is 19.2 Å². The first-order valence-electron chi connectivity index (χ1n) is 15.7. The van der Waals surface area contributed by atoms with E-state index in [9.17, 15) is 50.8 Å². The number of hydrogen-bond acceptors (Lipinski definition) is 7. The van der Waals surface area contributed by atoms with Gasteiger partial charge in [0, 0.05) is 19.2 Å². The summed E-state index contributed by atoms with van der Waals surface area (Å²) in [6.07, 6.45) is -11.7. The van der Waals surface area contributed by atoms with Gasteiger partial charge in [-0.2, -0.15) is 31.6 Å². The maximum Gasteiger partial charge on any atom is 0.409 e. The lowest BCUT2D eigenvalue weighted by Gasteiger charge is -2.39. The first kappa shape index (κ1) is 34.7. The van der Waals surface area contributed by atoms with Crippen LogP contribution in [0.2, 0.25) is 0 Å². The van der Waals surface area contributed by atoms with Gasteiger partial charge >= 0.3 is 12.4 Å². The molecule has 4 fully saturated rings. The molecular formula is C31H33F7N6O5. The number of halogens is 7. The standard InChI is InChI=1S/C31H33F7N6O5/c1-28(2,3)22(41-24(45)21(30(33,34)35)31(36,37)38)26(47)43-11-16-13-7-15(17(32)8-13)19(16)20(43)25(46)44-12-29(9-14(44)10-39)27(48)42-23-18(49-29)5-4-6-40-23/h4-6,13-17,19-22H,7-9,11-12H2,1-3H3,(H,41,45)(H,40,42,48). The Labute approximate surface area is 275 Å². The molecule has 2 aliphatic carbocycles. The Balaban J connectivity index is 1.34. The quantitative estimate of drug-likeness (QED) is 0.458. The smallest absolute Gasteiger partial charge is 0.409 e. The summed E-state index contributed by atoms with van der Waals surface area (Å²) in [5.74, 6) is -11.4. The van der Waals surface area contributed by atoms with E-state index in [4.69, 9.17) is 4.74 Å². The zero-order chi connectivity index (χ0) is 36.0. The Morgan fingerprint density at radius 2 is 1.78 bits per heavy atom. The van der Waals surface area contributed by atoms with E-state index in [0.29, 0.717) is 6.42 Å². The molecule has 1 spiro atoms. The number of hydrogen-bond donors (Lipinski definition) is 2. The van der Waals surface area contributed by atoms with E-state index < -0.39 is 102 Å². The fourth-order valence-electron chi connectivity index (χ4n) is 8.45. The Hall–Kier alpha value is -4.17. The highest BCUT2D eigenvalue weighted by atomic mass is 19.4. The van der Waals surface area contributed by atoms with Gasteiger partial charge in [-0.15, -0.1) is 0 Å². The summed E-state index contributed by atoms with van der Waals surface area (Å²) in [6, 6.07) is 0.338. The summed E-state index contributed by atoms with van der Waals surface area (Å²) < 4.78 is 102. The van der Waals surface area contributed by atoms with Crippen molar-refractivity contribution in [3.05, 3.63) is 18.3 Å². The van der Waals surface area contributed by atoms with Crippen molar-refractivity contribution in [1.82, 2.24) is 20.1 Å². The molecule has 266 valence electrons. The van der Waals surface area contributed by atoms with Crippen LogP contribution in [0, 0.1) is 46.3 Å². The largest absolute Gasteiger partial charge is 0.472 e. The van der Waals surface area contributed by atoms with E-state index in [2.05, 4.69) is 10.3 Å². The second kappa shape index (κ2) is 11.4. The van der Waals surface area contributed by atoms with E-state index in [1.54, 1.807) is 11.4 Å². The number of carbonyl (C=O) groups excluding carboxylic acids is 4. The van der Waals surface area contributed by atoms with E-state index in [1.165, 1.54) is 33.0 Å². The molecule has 6 rings (SSSR count). The Bertz CT molecular complexity index is 1590. The summed E-state index contributed by atoms with van der Waals surface area (Å²) in [6.45, 7) is 3.34. The molecule has 2 saturated heterocycles. The number of likely N-dealkylation sites (tertiary alicyclic amines) is 2. The molecule has 1 aromatic rings. The zero-order valence-electron chi connectivity index (χ0n) is 26.4. The van der Waals surface area contributed by atoms with Crippen molar-refractivity contribution < 1.29 is 54.6 Å². The van der Waals surface area contributed by atoms with Gasteiger partial charge in [-0.25, -0.2) is 9.37 Å². The molecule has 1 aromatic heterocycles. The van der Waals surface area contributed by atoms with Crippen molar-refractivity contribution in [3.8, 4) is 11.8 Å². The molecule has 2 N–H and O–H groups in total. The van der Waals surface area contributed by atoms with Gasteiger partial charge in [-0.1, -0.05) is 20.8 Å². The van der Waals surface area contributed by atoms with Crippen LogP contribution in [0.3, 0.4) is 0 Å². The Kier molecular flexibility index (Phi) is 8.10. The summed E-state index contributed by atoms with van der Waals surface area (Å²) in [5, 5.41) is 14.4. The number of nitrogens with one attached hydrogen (secondary N) is 2. The summed E-state index contributed by atoms with van der Waals surface area (Å²) in [7, 11) is 0. The maximum atomic E-state index is 15.2. The van der Waals surface area contributed by atoms with Crippen molar-refractivity contribution in [2.24, 2.45) is 35.0 Å². The van der Waals surface area contributed by atoms with Gasteiger partial charge < -0.3 is 25.2 Å². The number of anilines is 1. The summed E-state index contributed by atoms with van der Waals surface area (Å²) in [5.41, 5.74) is -3.19. The minimum atomic E-state index is -6.02. The van der Waals surface area contributed by atoms with Gasteiger partial charge in [0.1, 0.15) is 24.3 Å². The number of amides is 4. The van der Waals surface area contributed by atoms with Crippen LogP contribution in [0.25, 0.3) is 0 Å². The molecule has 9 atom stereocenters. The van der Waals surface area contributed by atoms with E-state index in [1.807, 2.05) is 6.07 Å². The third kappa shape index (κ3) is 5.72. The van der Waals surface area contributed by atoms with Crippen molar-refractivity contribution in [2.45, 2.75) is 82.3 Å². The molecule has 18 heteroatoms. The van der Waals surface area contributed by atoms with Crippen LogP contribution in [-0.4, -0.2) is 93.8 Å². The first-order valence-corrected chi connectivity index (χ1v) is 15.7. The molecule has 4 amide bonds. The molecule has 49 heavy (non-hydrogen) atoms. The molecule has 0 radical (unpaired) electrons. The normalized spacial score (nSPS) is 32.8. The number of nitrogens with zero attached hydrogens (tertiary/aromatic N) is 4. The molecule has 3 aliphatic heterocycles. The van der Waals surface area contributed by atoms with Gasteiger partial charge in [0.2, 0.25) is 29.2 Å². The highest BCUT2D eigenvalue weighted by Crippen LogP contribution is 2.59. The lowest BCUT2D eigenvalue weighted by molar-refractivity contribution is -0.274. The fourth-order valence-corrected chi connectivity index (χ4v) is 8.45. The lowest BCUT2D eigenvalue weighted by atomic mass is 9.77. The average molecular weight is 703 g/mol. The predicted molar refractivity (Wildman–Crippen MR) is 153 cm³/mol. The molecule has 4 heterocycles. The predicted octanol–water partition coefficient (Wildman–Crippen LogP) is 3.37. The summed E-state index contributed by atoms with van der Waals surface area (Å²) >= 11 is 0. The minimum absolute atomic E-state index is 0.122.